The number of nitrogens with one attached hydrogen (secondary N) is 2. The molecule has 0 amide bonds. The molecule has 1 aliphatic heterocycles. The summed E-state index contributed by atoms with van der Waals surface area (Å²) < 4.78 is 5.44. The van der Waals surface area contributed by atoms with Crippen LogP contribution in [0.3, 0.4) is 0 Å². The van der Waals surface area contributed by atoms with Crippen LogP contribution in [0, 0.1) is 0 Å². The summed E-state index contributed by atoms with van der Waals surface area (Å²) in [6.45, 7) is 4.19. The van der Waals surface area contributed by atoms with Gasteiger partial charge in [0.2, 0.25) is 0 Å². The highest BCUT2D eigenvalue weighted by Gasteiger charge is 2.14. The Morgan fingerprint density at radius 2 is 1.76 bits per heavy atom. The molecule has 0 aliphatic carbocycles. The zero-order valence-corrected chi connectivity index (χ0v) is 15.7. The van der Waals surface area contributed by atoms with Gasteiger partial charge in [0.05, 0.1) is 24.6 Å². The van der Waals surface area contributed by atoms with Crippen LogP contribution < -0.4 is 15.5 Å². The summed E-state index contributed by atoms with van der Waals surface area (Å²) in [6.07, 6.45) is 0. The average Bonchev–Trinajstić information content (AvgIpc) is 2.67. The molecule has 0 saturated carbocycles. The molecule has 25 heavy (non-hydrogen) atoms. The Hall–Kier alpha value is -1.76. The second-order valence-corrected chi connectivity index (χ2v) is 7.24. The fourth-order valence-electron chi connectivity index (χ4n) is 2.68. The van der Waals surface area contributed by atoms with Gasteiger partial charge in [-0.3, -0.25) is 0 Å². The minimum Gasteiger partial charge on any atom is -0.378 e. The first kappa shape index (κ1) is 18.0. The summed E-state index contributed by atoms with van der Waals surface area (Å²) in [6, 6.07) is 18.7. The maximum atomic E-state index is 5.45. The quantitative estimate of drug-likeness (QED) is 0.458. The standard InChI is InChI=1S/C19H23N3OS2/c24-19(20-10-15-25-16-6-2-1-3-7-16)21-17-8-4-5-9-18(17)22-11-13-23-14-12-22/h1-9H,10-15H2,(H2,20,21,24). The van der Waals surface area contributed by atoms with Crippen molar-refractivity contribution in [2.45, 2.75) is 4.90 Å². The highest BCUT2D eigenvalue weighted by Crippen LogP contribution is 2.26. The highest BCUT2D eigenvalue weighted by atomic mass is 32.2. The maximum Gasteiger partial charge on any atom is 0.170 e. The van der Waals surface area contributed by atoms with E-state index in [1.807, 2.05) is 23.9 Å². The molecule has 1 fully saturated rings. The van der Waals surface area contributed by atoms with Gasteiger partial charge >= 0.3 is 0 Å². The lowest BCUT2D eigenvalue weighted by Gasteiger charge is -2.30. The Morgan fingerprint density at radius 3 is 2.56 bits per heavy atom. The topological polar surface area (TPSA) is 36.5 Å². The summed E-state index contributed by atoms with van der Waals surface area (Å²) in [4.78, 5) is 3.61. The van der Waals surface area contributed by atoms with E-state index >= 15 is 0 Å². The summed E-state index contributed by atoms with van der Waals surface area (Å²) in [5.74, 6) is 0.969. The van der Waals surface area contributed by atoms with Gasteiger partial charge in [-0.15, -0.1) is 11.8 Å². The zero-order valence-electron chi connectivity index (χ0n) is 14.1. The molecule has 4 nitrogen and oxygen atoms in total. The molecule has 6 heteroatoms. The Labute approximate surface area is 158 Å². The van der Waals surface area contributed by atoms with E-state index in [-0.39, 0.29) is 0 Å². The molecular formula is C19H23N3OS2. The summed E-state index contributed by atoms with van der Waals surface area (Å²) >= 11 is 7.27. The van der Waals surface area contributed by atoms with Crippen molar-refractivity contribution in [3.8, 4) is 0 Å². The summed E-state index contributed by atoms with van der Waals surface area (Å²) in [7, 11) is 0. The molecule has 1 saturated heterocycles. The van der Waals surface area contributed by atoms with Crippen LogP contribution in [0.1, 0.15) is 0 Å². The number of morpholine rings is 1. The molecule has 0 bridgehead atoms. The average molecular weight is 374 g/mol. The van der Waals surface area contributed by atoms with Gasteiger partial charge in [-0.25, -0.2) is 0 Å². The van der Waals surface area contributed by atoms with Crippen molar-refractivity contribution < 1.29 is 4.74 Å². The number of thiocarbonyl (C=S) groups is 1. The predicted molar refractivity (Wildman–Crippen MR) is 111 cm³/mol. The third-order valence-corrected chi connectivity index (χ3v) is 5.16. The molecule has 132 valence electrons. The van der Waals surface area contributed by atoms with Crippen molar-refractivity contribution in [3.63, 3.8) is 0 Å². The third kappa shape index (κ3) is 5.63. The molecule has 2 aromatic carbocycles. The number of anilines is 2. The van der Waals surface area contributed by atoms with Crippen molar-refractivity contribution in [3.05, 3.63) is 54.6 Å². The van der Waals surface area contributed by atoms with E-state index in [0.717, 1.165) is 44.3 Å². The van der Waals surface area contributed by atoms with Crippen molar-refractivity contribution in [1.29, 1.82) is 0 Å². The number of nitrogens with zero attached hydrogens (tertiary/aromatic N) is 1. The van der Waals surface area contributed by atoms with Gasteiger partial charge in [0.15, 0.2) is 5.11 Å². The van der Waals surface area contributed by atoms with Gasteiger partial charge in [0.1, 0.15) is 0 Å². The van der Waals surface area contributed by atoms with Crippen LogP contribution in [-0.2, 0) is 4.74 Å². The monoisotopic (exact) mass is 373 g/mol. The van der Waals surface area contributed by atoms with E-state index in [1.54, 1.807) is 0 Å². The van der Waals surface area contributed by atoms with E-state index in [4.69, 9.17) is 17.0 Å². The maximum absolute atomic E-state index is 5.45. The van der Waals surface area contributed by atoms with Crippen LogP contribution in [-0.4, -0.2) is 43.7 Å². The number of hydrogen-bond donors (Lipinski definition) is 2. The fourth-order valence-corrected chi connectivity index (χ4v) is 3.68. The lowest BCUT2D eigenvalue weighted by atomic mass is 10.2. The molecule has 3 rings (SSSR count). The van der Waals surface area contributed by atoms with Gasteiger partial charge in [0.25, 0.3) is 0 Å². The lowest BCUT2D eigenvalue weighted by molar-refractivity contribution is 0.123. The Morgan fingerprint density at radius 1 is 1.04 bits per heavy atom. The second kappa shape index (κ2) is 9.65. The number of rotatable bonds is 6. The van der Waals surface area contributed by atoms with E-state index in [2.05, 4.69) is 58.0 Å². The summed E-state index contributed by atoms with van der Waals surface area (Å²) in [5, 5.41) is 7.28. The number of thioether (sulfide) groups is 1. The molecule has 0 unspecified atom stereocenters. The van der Waals surface area contributed by atoms with Crippen LogP contribution in [0.15, 0.2) is 59.5 Å². The molecule has 2 N–H and O–H groups in total. The molecule has 1 heterocycles. The SMILES string of the molecule is S=C(NCCSc1ccccc1)Nc1ccccc1N1CCOCC1. The number of para-hydroxylation sites is 2. The molecular weight excluding hydrogens is 350 g/mol. The van der Waals surface area contributed by atoms with E-state index in [1.165, 1.54) is 10.6 Å². The van der Waals surface area contributed by atoms with Crippen molar-refractivity contribution in [2.24, 2.45) is 0 Å². The highest BCUT2D eigenvalue weighted by molar-refractivity contribution is 7.99. The smallest absolute Gasteiger partial charge is 0.170 e. The molecule has 0 spiro atoms. The minimum atomic E-state index is 0.661. The van der Waals surface area contributed by atoms with Crippen LogP contribution in [0.25, 0.3) is 0 Å². The van der Waals surface area contributed by atoms with Crippen molar-refractivity contribution >= 4 is 40.5 Å². The molecule has 1 aliphatic rings. The largest absolute Gasteiger partial charge is 0.378 e. The first-order valence-corrected chi connectivity index (χ1v) is 9.87. The first-order valence-electron chi connectivity index (χ1n) is 8.47. The first-order chi connectivity index (χ1) is 12.3. The Kier molecular flexibility index (Phi) is 6.97. The number of hydrogen-bond acceptors (Lipinski definition) is 4. The van der Waals surface area contributed by atoms with Gasteiger partial charge < -0.3 is 20.3 Å². The van der Waals surface area contributed by atoms with Gasteiger partial charge in [-0.2, -0.15) is 0 Å². The normalized spacial score (nSPS) is 14.2. The van der Waals surface area contributed by atoms with E-state index < -0.39 is 0 Å². The van der Waals surface area contributed by atoms with Gasteiger partial charge in [-0.1, -0.05) is 30.3 Å². The molecule has 0 atom stereocenters. The Bertz CT molecular complexity index is 675. The molecule has 0 aromatic heterocycles. The van der Waals surface area contributed by atoms with Crippen molar-refractivity contribution in [2.75, 3.05) is 48.8 Å². The fraction of sp³-hybridized carbons (Fsp3) is 0.316. The van der Waals surface area contributed by atoms with E-state index in [9.17, 15) is 0 Å². The number of ether oxygens (including phenoxy) is 1. The van der Waals surface area contributed by atoms with Crippen LogP contribution in [0.4, 0.5) is 11.4 Å². The van der Waals surface area contributed by atoms with E-state index in [0.29, 0.717) is 5.11 Å². The second-order valence-electron chi connectivity index (χ2n) is 5.66. The van der Waals surface area contributed by atoms with Crippen molar-refractivity contribution in [1.82, 2.24) is 5.32 Å². The number of benzene rings is 2. The van der Waals surface area contributed by atoms with Crippen LogP contribution in [0.2, 0.25) is 0 Å². The predicted octanol–water partition coefficient (Wildman–Crippen LogP) is 3.60. The third-order valence-electron chi connectivity index (χ3n) is 3.90. The van der Waals surface area contributed by atoms with Crippen LogP contribution in [0.5, 0.6) is 0 Å². The molecule has 2 aromatic rings. The van der Waals surface area contributed by atoms with Crippen LogP contribution >= 0.6 is 24.0 Å². The molecule has 0 radical (unpaired) electrons. The van der Waals surface area contributed by atoms with Gasteiger partial charge in [-0.05, 0) is 36.5 Å². The minimum absolute atomic E-state index is 0.661. The Balaban J connectivity index is 1.47. The lowest BCUT2D eigenvalue weighted by Crippen LogP contribution is -2.37. The van der Waals surface area contributed by atoms with Gasteiger partial charge in [0, 0.05) is 30.3 Å². The summed E-state index contributed by atoms with van der Waals surface area (Å²) in [5.41, 5.74) is 2.21. The zero-order chi connectivity index (χ0) is 17.3.